The van der Waals surface area contributed by atoms with E-state index in [-0.39, 0.29) is 36.1 Å². The van der Waals surface area contributed by atoms with Gasteiger partial charge in [-0.25, -0.2) is 10.1 Å². The predicted molar refractivity (Wildman–Crippen MR) is 136 cm³/mol. The van der Waals surface area contributed by atoms with Gasteiger partial charge in [0.15, 0.2) is 18.2 Å². The molecular weight excluding hydrogens is 492 g/mol. The molecule has 0 aliphatic carbocycles. The van der Waals surface area contributed by atoms with E-state index < -0.39 is 0 Å². The van der Waals surface area contributed by atoms with Gasteiger partial charge < -0.3 is 23.7 Å². The first-order chi connectivity index (χ1) is 18.1. The molecule has 0 aliphatic heterocycles. The summed E-state index contributed by atoms with van der Waals surface area (Å²) < 4.78 is 24.1. The molecule has 0 atom stereocenters. The molecule has 0 aromatic carbocycles. The van der Waals surface area contributed by atoms with E-state index in [0.29, 0.717) is 24.0 Å². The number of nitrogens with one attached hydrogen (secondary N) is 1. The summed E-state index contributed by atoms with van der Waals surface area (Å²) in [5.74, 6) is 0.0729. The lowest BCUT2D eigenvalue weighted by Gasteiger charge is -2.13. The summed E-state index contributed by atoms with van der Waals surface area (Å²) in [6, 6.07) is 8.99. The van der Waals surface area contributed by atoms with Crippen LogP contribution >= 0.6 is 0 Å². The van der Waals surface area contributed by atoms with E-state index >= 15 is 0 Å². The van der Waals surface area contributed by atoms with Gasteiger partial charge in [-0.3, -0.25) is 4.79 Å². The van der Waals surface area contributed by atoms with Crippen LogP contribution in [0.3, 0.4) is 0 Å². The number of nitrogens with zero attached hydrogens (tertiary/aromatic N) is 5. The van der Waals surface area contributed by atoms with Crippen LogP contribution in [0, 0.1) is 58.0 Å². The minimum Gasteiger partial charge on any atom is -0.504 e. The average molecular weight is 528 g/mol. The lowest BCUT2D eigenvalue weighted by Crippen LogP contribution is -2.17. The predicted octanol–water partition coefficient (Wildman–Crippen LogP) is 2.48. The Morgan fingerprint density at radius 2 is 1.37 bits per heavy atom. The van der Waals surface area contributed by atoms with Gasteiger partial charge in [0.25, 0.3) is 5.70 Å². The van der Waals surface area contributed by atoms with E-state index in [1.807, 2.05) is 18.2 Å². The van der Waals surface area contributed by atoms with Gasteiger partial charge in [0.2, 0.25) is 0 Å². The molecule has 0 aliphatic rings. The number of nitriles is 4. The highest BCUT2D eigenvalue weighted by Gasteiger charge is 2.09. The molecule has 0 saturated carbocycles. The number of allylic oxidation sites excluding steroid dienone is 4. The Hall–Kier alpha value is -4.53. The number of hydrogen-bond donors (Lipinski definition) is 1. The molecule has 0 bridgehead atoms. The third-order valence-corrected chi connectivity index (χ3v) is 3.84. The van der Waals surface area contributed by atoms with E-state index in [9.17, 15) is 4.79 Å². The van der Waals surface area contributed by atoms with Crippen molar-refractivity contribution >= 4 is 5.78 Å². The van der Waals surface area contributed by atoms with Crippen molar-refractivity contribution in [3.8, 4) is 30.3 Å². The number of carbonyl (C=O) groups excluding carboxylic acids is 1. The van der Waals surface area contributed by atoms with Crippen LogP contribution in [0.1, 0.15) is 40.0 Å². The average Bonchev–Trinajstić information content (AvgIpc) is 2.91. The molecule has 12 heteroatoms. The molecule has 0 amide bonds. The van der Waals surface area contributed by atoms with Crippen LogP contribution in [-0.2, 0) is 28.5 Å². The molecule has 0 unspecified atom stereocenters. The third kappa shape index (κ3) is 26.1. The van der Waals surface area contributed by atoms with Gasteiger partial charge in [-0.15, -0.1) is 0 Å². The lowest BCUT2D eigenvalue weighted by molar-refractivity contribution is -0.135. The second-order valence-electron chi connectivity index (χ2n) is 6.59. The highest BCUT2D eigenvalue weighted by atomic mass is 16.7. The molecule has 204 valence electrons. The van der Waals surface area contributed by atoms with E-state index in [1.165, 1.54) is 48.7 Å². The van der Waals surface area contributed by atoms with Crippen LogP contribution in [0.2, 0.25) is 0 Å². The quantitative estimate of drug-likeness (QED) is 0.145. The summed E-state index contributed by atoms with van der Waals surface area (Å²) in [4.78, 5) is 13.5. The Balaban J connectivity index is -0.000000212. The summed E-state index contributed by atoms with van der Waals surface area (Å²) in [5.41, 5.74) is 1.69. The fourth-order valence-corrected chi connectivity index (χ4v) is 1.83. The first kappa shape index (κ1) is 40.6. The molecule has 0 fully saturated rings. The molecule has 12 nitrogen and oxygen atoms in total. The molecule has 0 aromatic heterocycles. The summed E-state index contributed by atoms with van der Waals surface area (Å²) >= 11 is 0. The van der Waals surface area contributed by atoms with Crippen molar-refractivity contribution in [3.05, 3.63) is 46.2 Å². The zero-order valence-electron chi connectivity index (χ0n) is 23.1. The Kier molecular flexibility index (Phi) is 32.6. The van der Waals surface area contributed by atoms with Crippen LogP contribution in [0.5, 0.6) is 0 Å². The van der Waals surface area contributed by atoms with Crippen LogP contribution in [0.15, 0.2) is 34.8 Å². The van der Waals surface area contributed by atoms with Crippen LogP contribution in [0.25, 0.3) is 4.85 Å². The molecule has 0 aromatic rings. The smallest absolute Gasteiger partial charge is 0.320 e. The third-order valence-electron chi connectivity index (χ3n) is 3.84. The van der Waals surface area contributed by atoms with Crippen LogP contribution < -0.4 is 5.26 Å². The summed E-state index contributed by atoms with van der Waals surface area (Å²) in [5, 5.41) is 38.9. The highest BCUT2D eigenvalue weighted by molar-refractivity contribution is 5.75. The fourth-order valence-electron chi connectivity index (χ4n) is 1.83. The minimum absolute atomic E-state index is 0. The molecule has 0 spiro atoms. The van der Waals surface area contributed by atoms with E-state index in [4.69, 9.17) is 51.8 Å². The standard InChI is InChI=1S/C9H12N2O2.C8H8N2O.C6H12O3.C3H2N2/c1-7(8(6-10)11-2)5-9(12-3)13-4;1-7(3-4-11-2)8(5-9)6-10;1-5(7)4-6(8-2)9-3;4-2-1-3-5/h9H,5H2,1,3-4H3;3-4H,1-2H3;6H,4H2,1-3H3;1H2/p+1/b8-7+;4-3+;;. The van der Waals surface area contributed by atoms with Crippen molar-refractivity contribution in [1.29, 1.82) is 21.0 Å². The maximum absolute atomic E-state index is 10.4. The maximum atomic E-state index is 10.4. The Bertz CT molecular complexity index is 971. The van der Waals surface area contributed by atoms with Gasteiger partial charge >= 0.3 is 6.07 Å². The van der Waals surface area contributed by atoms with Crippen molar-refractivity contribution in [2.45, 2.75) is 52.6 Å². The van der Waals surface area contributed by atoms with Gasteiger partial charge in [-0.05, 0) is 25.5 Å². The highest BCUT2D eigenvalue weighted by Crippen LogP contribution is 2.13. The zero-order valence-corrected chi connectivity index (χ0v) is 23.1. The zero-order chi connectivity index (χ0) is 30.4. The molecular formula is C26H35N6O6+. The molecule has 38 heavy (non-hydrogen) atoms. The summed E-state index contributed by atoms with van der Waals surface area (Å²) in [6.45, 7) is 11.7. The normalized spacial score (nSPS) is 10.4. The first-order valence-electron chi connectivity index (χ1n) is 10.6. The number of Topliss-reactive ketones (excluding diaryl/α,β-unsaturated/α-hetero) is 1. The molecule has 0 heterocycles. The van der Waals surface area contributed by atoms with Crippen molar-refractivity contribution in [3.63, 3.8) is 0 Å². The van der Waals surface area contributed by atoms with Crippen molar-refractivity contribution in [1.82, 2.24) is 0 Å². The number of ether oxygens (including phenoxy) is 5. The van der Waals surface area contributed by atoms with Crippen LogP contribution in [0.4, 0.5) is 0 Å². The lowest BCUT2D eigenvalue weighted by atomic mass is 10.1. The van der Waals surface area contributed by atoms with Crippen molar-refractivity contribution in [2.24, 2.45) is 0 Å². The maximum Gasteiger partial charge on any atom is 0.320 e. The first-order valence-corrected chi connectivity index (χ1v) is 10.6. The van der Waals surface area contributed by atoms with Crippen molar-refractivity contribution in [2.75, 3.05) is 35.5 Å². The molecule has 1 N–H and O–H groups in total. The van der Waals surface area contributed by atoms with Gasteiger partial charge in [-0.1, -0.05) is 17.8 Å². The number of methoxy groups -OCH3 is 5. The second-order valence-corrected chi connectivity index (χ2v) is 6.59. The number of carbonyl (C=O) groups is 1. The second kappa shape index (κ2) is 30.5. The Morgan fingerprint density at radius 3 is 1.61 bits per heavy atom. The van der Waals surface area contributed by atoms with Gasteiger partial charge in [0.05, 0.1) is 44.6 Å². The van der Waals surface area contributed by atoms with E-state index in [1.54, 1.807) is 32.1 Å². The van der Waals surface area contributed by atoms with Crippen molar-refractivity contribution < 1.29 is 33.7 Å². The monoisotopic (exact) mass is 527 g/mol. The van der Waals surface area contributed by atoms with Crippen LogP contribution in [-0.4, -0.2) is 53.9 Å². The Morgan fingerprint density at radius 1 is 0.895 bits per heavy atom. The fraction of sp³-hybridized carbons (Fsp3) is 0.500. The number of rotatable bonds is 10. The molecule has 0 radical (unpaired) electrons. The van der Waals surface area contributed by atoms with E-state index in [0.717, 1.165) is 0 Å². The summed E-state index contributed by atoms with van der Waals surface area (Å²) in [6.07, 6.45) is 3.07. The van der Waals surface area contributed by atoms with Gasteiger partial charge in [0, 0.05) is 34.9 Å². The number of hydrogen-bond acceptors (Lipinski definition) is 10. The number of ketones is 1. The Labute approximate surface area is 225 Å². The molecule has 0 saturated heterocycles. The van der Waals surface area contributed by atoms with E-state index in [2.05, 4.69) is 9.58 Å². The largest absolute Gasteiger partial charge is 0.504 e. The molecule has 0 rings (SSSR count). The summed E-state index contributed by atoms with van der Waals surface area (Å²) in [7, 11) is 7.58. The van der Waals surface area contributed by atoms with Gasteiger partial charge in [-0.2, -0.15) is 15.8 Å². The topological polar surface area (TPSA) is 187 Å². The van der Waals surface area contributed by atoms with Gasteiger partial charge in [0.1, 0.15) is 18.3 Å². The SMILES string of the molecule is CO/C=C/C(C)=C(/C#N)C#[NH+].COC(CC(C)=O)OC.N#CCC#N.[C-]#[N+]/C(C#N)=C(\C)CC(OC)OC. The minimum atomic E-state index is -0.384.